The third kappa shape index (κ3) is 3.99. The normalized spacial score (nSPS) is 24.4. The van der Waals surface area contributed by atoms with Crippen molar-refractivity contribution in [1.82, 2.24) is 0 Å². The van der Waals surface area contributed by atoms with E-state index in [4.69, 9.17) is 9.31 Å². The predicted octanol–water partition coefficient (Wildman–Crippen LogP) is 4.64. The predicted molar refractivity (Wildman–Crippen MR) is 166 cm³/mol. The van der Waals surface area contributed by atoms with Crippen LogP contribution in [-0.2, 0) is 14.7 Å². The van der Waals surface area contributed by atoms with Crippen LogP contribution in [0.1, 0.15) is 63.8 Å². The molecule has 0 aromatic heterocycles. The second-order valence-corrected chi connectivity index (χ2v) is 12.7. The van der Waals surface area contributed by atoms with Crippen LogP contribution in [0.4, 0.5) is 0 Å². The molecule has 4 aromatic carbocycles. The Kier molecular flexibility index (Phi) is 6.44. The van der Waals surface area contributed by atoms with Crippen molar-refractivity contribution in [3.8, 4) is 11.1 Å². The largest absolute Gasteiger partial charge is 0.427 e. The van der Waals surface area contributed by atoms with Crippen LogP contribution in [0, 0.1) is 0 Å². The van der Waals surface area contributed by atoms with Crippen LogP contribution in [0.15, 0.2) is 97.1 Å². The van der Waals surface area contributed by atoms with Crippen LogP contribution < -0.4 is 10.9 Å². The van der Waals surface area contributed by atoms with E-state index in [0.717, 1.165) is 22.1 Å². The summed E-state index contributed by atoms with van der Waals surface area (Å²) in [6.07, 6.45) is 0. The summed E-state index contributed by atoms with van der Waals surface area (Å²) >= 11 is 0. The van der Waals surface area contributed by atoms with E-state index in [-0.39, 0.29) is 0 Å². The molecule has 6 rings (SSSR count). The summed E-state index contributed by atoms with van der Waals surface area (Å²) in [6, 6.07) is 34.0. The number of rotatable bonds is 1. The quantitative estimate of drug-likeness (QED) is 0.303. The zero-order valence-electron chi connectivity index (χ0n) is 24.6. The highest BCUT2D eigenvalue weighted by molar-refractivity contribution is 6.47. The summed E-state index contributed by atoms with van der Waals surface area (Å²) in [7, 11) is 3.35. The lowest BCUT2D eigenvalue weighted by atomic mass is 9.63. The third-order valence-corrected chi connectivity index (χ3v) is 9.78. The first-order valence-corrected chi connectivity index (χ1v) is 14.2. The SMILES string of the molecule is CC(C)(O)C1(C)O[B]c2cccc(c2)C2(c3cccc(c3)[B]OC(C)(C)C1(C)O)c1ccccc1-c1ccccc12. The minimum Gasteiger partial charge on any atom is -0.427 e. The molecule has 1 spiro atoms. The molecule has 1 aliphatic carbocycles. The molecule has 2 atom stereocenters. The highest BCUT2D eigenvalue weighted by Crippen LogP contribution is 2.55. The van der Waals surface area contributed by atoms with Crippen molar-refractivity contribution in [1.29, 1.82) is 0 Å². The molecule has 2 N–H and O–H groups in total. The molecule has 0 saturated heterocycles. The molecule has 0 saturated carbocycles. The number of hydrogen-bond donors (Lipinski definition) is 2. The molecule has 1 aliphatic heterocycles. The lowest BCUT2D eigenvalue weighted by Gasteiger charge is -2.56. The Labute approximate surface area is 244 Å². The first-order chi connectivity index (χ1) is 19.3. The van der Waals surface area contributed by atoms with Crippen LogP contribution in [0.5, 0.6) is 0 Å². The Balaban J connectivity index is 1.64. The summed E-state index contributed by atoms with van der Waals surface area (Å²) in [5, 5.41) is 23.4. The van der Waals surface area contributed by atoms with E-state index in [1.54, 1.807) is 42.7 Å². The van der Waals surface area contributed by atoms with E-state index in [2.05, 4.69) is 78.9 Å². The minimum absolute atomic E-state index is 0.578. The maximum atomic E-state index is 12.1. The van der Waals surface area contributed by atoms with Crippen molar-refractivity contribution in [2.45, 2.75) is 69.4 Å². The highest BCUT2D eigenvalue weighted by Gasteiger charge is 2.61. The van der Waals surface area contributed by atoms with E-state index in [1.165, 1.54) is 22.3 Å². The van der Waals surface area contributed by atoms with Gasteiger partial charge in [0.1, 0.15) is 11.2 Å². The van der Waals surface area contributed by atoms with Gasteiger partial charge in [-0.2, -0.15) is 0 Å². The first kappa shape index (κ1) is 28.0. The molecule has 2 aliphatic rings. The average molecular weight is 542 g/mol. The fraction of sp³-hybridized carbons (Fsp3) is 0.314. The summed E-state index contributed by atoms with van der Waals surface area (Å²) in [5.41, 5.74) is 2.58. The van der Waals surface area contributed by atoms with Gasteiger partial charge >= 0.3 is 15.0 Å². The average Bonchev–Trinajstić information content (AvgIpc) is 3.25. The lowest BCUT2D eigenvalue weighted by Crippen LogP contribution is -2.72. The van der Waals surface area contributed by atoms with Crippen LogP contribution in [0.3, 0.4) is 0 Å². The number of aliphatic hydroxyl groups is 2. The maximum absolute atomic E-state index is 12.1. The molecule has 4 bridgehead atoms. The van der Waals surface area contributed by atoms with Crippen LogP contribution >= 0.6 is 0 Å². The van der Waals surface area contributed by atoms with Gasteiger partial charge in [0.05, 0.1) is 16.6 Å². The van der Waals surface area contributed by atoms with Gasteiger partial charge < -0.3 is 19.5 Å². The molecule has 206 valence electrons. The molecular weight excluding hydrogens is 506 g/mol. The number of hydrogen-bond acceptors (Lipinski definition) is 4. The highest BCUT2D eigenvalue weighted by atomic mass is 16.5. The van der Waals surface area contributed by atoms with E-state index >= 15 is 0 Å². The fourth-order valence-corrected chi connectivity index (χ4v) is 6.66. The van der Waals surface area contributed by atoms with Gasteiger partial charge in [-0.05, 0) is 74.9 Å². The second-order valence-electron chi connectivity index (χ2n) is 12.7. The van der Waals surface area contributed by atoms with Gasteiger partial charge in [-0.15, -0.1) is 0 Å². The lowest BCUT2D eigenvalue weighted by molar-refractivity contribution is -0.254. The summed E-state index contributed by atoms with van der Waals surface area (Å²) < 4.78 is 12.8. The Morgan fingerprint density at radius 2 is 1.10 bits per heavy atom. The van der Waals surface area contributed by atoms with E-state index < -0.39 is 27.8 Å². The van der Waals surface area contributed by atoms with Gasteiger partial charge in [0.2, 0.25) is 0 Å². The zero-order valence-corrected chi connectivity index (χ0v) is 24.6. The Morgan fingerprint density at radius 3 is 1.59 bits per heavy atom. The van der Waals surface area contributed by atoms with Crippen LogP contribution in [0.25, 0.3) is 11.1 Å². The molecule has 2 unspecified atom stereocenters. The Hall–Kier alpha value is -3.15. The molecule has 41 heavy (non-hydrogen) atoms. The van der Waals surface area contributed by atoms with Crippen molar-refractivity contribution in [3.63, 3.8) is 0 Å². The molecule has 4 nitrogen and oxygen atoms in total. The summed E-state index contributed by atoms with van der Waals surface area (Å²) in [4.78, 5) is 0. The van der Waals surface area contributed by atoms with Gasteiger partial charge in [-0.25, -0.2) is 0 Å². The first-order valence-electron chi connectivity index (χ1n) is 14.2. The molecule has 2 radical (unpaired) electrons. The van der Waals surface area contributed by atoms with Crippen LogP contribution in [-0.4, -0.2) is 47.6 Å². The molecule has 0 amide bonds. The maximum Gasteiger partial charge on any atom is 0.331 e. The van der Waals surface area contributed by atoms with Gasteiger partial charge in [-0.1, -0.05) is 108 Å². The molecule has 6 heteroatoms. The molecule has 4 aromatic rings. The smallest absolute Gasteiger partial charge is 0.331 e. The van der Waals surface area contributed by atoms with E-state index in [9.17, 15) is 10.2 Å². The fourth-order valence-electron chi connectivity index (χ4n) is 6.66. The standard InChI is InChI=1S/C35H36B2O4/c1-31(2,38)34(6)33(5,39)32(3,4)40-36-25-15-11-13-23(21-25)35(24-14-12-16-26(22-24)37-41-34)29-19-9-7-17-27(29)28-18-8-10-20-30(28)35/h7-22,38-39H,1-6H3. The van der Waals surface area contributed by atoms with Crippen molar-refractivity contribution < 1.29 is 19.5 Å². The van der Waals surface area contributed by atoms with Crippen molar-refractivity contribution >= 4 is 25.9 Å². The molecule has 1 heterocycles. The zero-order chi connectivity index (χ0) is 29.3. The van der Waals surface area contributed by atoms with Crippen molar-refractivity contribution in [2.24, 2.45) is 0 Å². The van der Waals surface area contributed by atoms with Gasteiger partial charge in [0, 0.05) is 0 Å². The van der Waals surface area contributed by atoms with E-state index in [1.807, 2.05) is 32.0 Å². The minimum atomic E-state index is -1.62. The topological polar surface area (TPSA) is 58.9 Å². The van der Waals surface area contributed by atoms with Crippen molar-refractivity contribution in [3.05, 3.63) is 119 Å². The number of fused-ring (bicyclic) bond motifs is 11. The molecule has 0 fully saturated rings. The van der Waals surface area contributed by atoms with Gasteiger partial charge in [0.25, 0.3) is 0 Å². The summed E-state index contributed by atoms with van der Waals surface area (Å²) in [6.45, 7) is 10.3. The second kappa shape index (κ2) is 9.43. The third-order valence-electron chi connectivity index (χ3n) is 9.78. The summed E-state index contributed by atoms with van der Waals surface area (Å²) in [5.74, 6) is 0. The van der Waals surface area contributed by atoms with Gasteiger partial charge in [0.15, 0.2) is 0 Å². The van der Waals surface area contributed by atoms with Crippen LogP contribution in [0.2, 0.25) is 0 Å². The van der Waals surface area contributed by atoms with E-state index in [0.29, 0.717) is 0 Å². The molecular formula is C35H36B2O4. The Morgan fingerprint density at radius 1 is 0.634 bits per heavy atom. The van der Waals surface area contributed by atoms with Crippen molar-refractivity contribution in [2.75, 3.05) is 0 Å². The number of benzene rings is 4. The Bertz CT molecular complexity index is 1580. The monoisotopic (exact) mass is 542 g/mol. The van der Waals surface area contributed by atoms with Gasteiger partial charge in [-0.3, -0.25) is 0 Å².